The van der Waals surface area contributed by atoms with Crippen molar-refractivity contribution in [1.82, 2.24) is 0 Å². The topological polar surface area (TPSA) is 49.8 Å². The minimum atomic E-state index is -0.940. The van der Waals surface area contributed by atoms with Crippen molar-refractivity contribution in [3.8, 4) is 5.75 Å². The Balaban J connectivity index is 2.50. The zero-order valence-electron chi connectivity index (χ0n) is 8.56. The fourth-order valence-corrected chi connectivity index (χ4v) is 1.80. The molecule has 0 aliphatic carbocycles. The van der Waals surface area contributed by atoms with Gasteiger partial charge in [0.2, 0.25) is 0 Å². The van der Waals surface area contributed by atoms with Crippen LogP contribution in [-0.4, -0.2) is 30.8 Å². The van der Waals surface area contributed by atoms with E-state index in [-0.39, 0.29) is 5.56 Å². The average Bonchev–Trinajstić information content (AvgIpc) is 2.27. The van der Waals surface area contributed by atoms with Gasteiger partial charge in [-0.1, -0.05) is 6.07 Å². The molecule has 0 bridgehead atoms. The number of fused-ring (bicyclic) bond motifs is 1. The molecule has 2 rings (SSSR count). The fraction of sp³-hybridized carbons (Fsp3) is 0.364. The van der Waals surface area contributed by atoms with E-state index in [1.807, 2.05) is 13.0 Å². The molecule has 1 heterocycles. The van der Waals surface area contributed by atoms with Gasteiger partial charge >= 0.3 is 5.97 Å². The third kappa shape index (κ3) is 1.63. The Labute approximate surface area is 88.1 Å². The zero-order chi connectivity index (χ0) is 10.8. The van der Waals surface area contributed by atoms with Crippen molar-refractivity contribution in [3.05, 3.63) is 23.8 Å². The number of carboxylic acids is 1. The van der Waals surface area contributed by atoms with Crippen LogP contribution < -0.4 is 9.64 Å². The van der Waals surface area contributed by atoms with Crippen molar-refractivity contribution < 1.29 is 14.6 Å². The molecule has 0 atom stereocenters. The summed E-state index contributed by atoms with van der Waals surface area (Å²) >= 11 is 0. The lowest BCUT2D eigenvalue weighted by molar-refractivity contribution is 0.0692. The Morgan fingerprint density at radius 2 is 2.40 bits per heavy atom. The van der Waals surface area contributed by atoms with Gasteiger partial charge in [0.15, 0.2) is 5.75 Å². The van der Waals surface area contributed by atoms with Gasteiger partial charge in [0.25, 0.3) is 0 Å². The molecular weight excluding hydrogens is 194 g/mol. The largest absolute Gasteiger partial charge is 0.489 e. The standard InChI is InChI=1S/C11H13NO3/c1-2-12-6-7-15-10-8(11(13)14)4-3-5-9(10)12/h3-5H,2,6-7H2,1H3,(H,13,14). The fourth-order valence-electron chi connectivity index (χ4n) is 1.80. The Hall–Kier alpha value is -1.71. The van der Waals surface area contributed by atoms with E-state index in [1.54, 1.807) is 12.1 Å². The molecule has 80 valence electrons. The van der Waals surface area contributed by atoms with Crippen molar-refractivity contribution in [2.45, 2.75) is 6.92 Å². The average molecular weight is 207 g/mol. The number of carboxylic acid groups (broad SMARTS) is 1. The molecule has 1 aromatic carbocycles. The highest BCUT2D eigenvalue weighted by atomic mass is 16.5. The number of anilines is 1. The Bertz CT molecular complexity index is 389. The molecule has 1 aliphatic heterocycles. The van der Waals surface area contributed by atoms with E-state index < -0.39 is 5.97 Å². The lowest BCUT2D eigenvalue weighted by Gasteiger charge is -2.30. The number of rotatable bonds is 2. The number of benzene rings is 1. The molecule has 1 aromatic rings. The monoisotopic (exact) mass is 207 g/mol. The predicted molar refractivity (Wildman–Crippen MR) is 56.8 cm³/mol. The van der Waals surface area contributed by atoms with Crippen molar-refractivity contribution in [1.29, 1.82) is 0 Å². The Morgan fingerprint density at radius 1 is 1.60 bits per heavy atom. The highest BCUT2D eigenvalue weighted by molar-refractivity contribution is 5.93. The quantitative estimate of drug-likeness (QED) is 0.800. The summed E-state index contributed by atoms with van der Waals surface area (Å²) < 4.78 is 5.43. The first-order valence-corrected chi connectivity index (χ1v) is 4.98. The Morgan fingerprint density at radius 3 is 3.07 bits per heavy atom. The van der Waals surface area contributed by atoms with Gasteiger partial charge in [0, 0.05) is 6.54 Å². The van der Waals surface area contributed by atoms with Crippen molar-refractivity contribution in [2.24, 2.45) is 0 Å². The van der Waals surface area contributed by atoms with Crippen LogP contribution in [0.3, 0.4) is 0 Å². The zero-order valence-corrected chi connectivity index (χ0v) is 8.56. The second-order valence-electron chi connectivity index (χ2n) is 3.39. The molecule has 0 saturated carbocycles. The summed E-state index contributed by atoms with van der Waals surface area (Å²) in [4.78, 5) is 13.1. The van der Waals surface area contributed by atoms with Gasteiger partial charge in [-0.3, -0.25) is 0 Å². The maximum atomic E-state index is 11.0. The molecule has 0 spiro atoms. The van der Waals surface area contributed by atoms with Crippen LogP contribution in [0.1, 0.15) is 17.3 Å². The molecule has 0 aromatic heterocycles. The first-order chi connectivity index (χ1) is 7.24. The van der Waals surface area contributed by atoms with Crippen LogP contribution in [0, 0.1) is 0 Å². The molecule has 0 unspecified atom stereocenters. The summed E-state index contributed by atoms with van der Waals surface area (Å²) in [5.41, 5.74) is 1.12. The van der Waals surface area contributed by atoms with Crippen LogP contribution >= 0.6 is 0 Å². The maximum absolute atomic E-state index is 11.0. The van der Waals surface area contributed by atoms with Crippen LogP contribution in [0.25, 0.3) is 0 Å². The smallest absolute Gasteiger partial charge is 0.339 e. The lowest BCUT2D eigenvalue weighted by atomic mass is 10.1. The van der Waals surface area contributed by atoms with Crippen molar-refractivity contribution in [2.75, 3.05) is 24.6 Å². The van der Waals surface area contributed by atoms with Gasteiger partial charge in [-0.05, 0) is 19.1 Å². The number of hydrogen-bond acceptors (Lipinski definition) is 3. The van der Waals surface area contributed by atoms with Crippen molar-refractivity contribution in [3.63, 3.8) is 0 Å². The van der Waals surface area contributed by atoms with Gasteiger partial charge in [-0.2, -0.15) is 0 Å². The molecule has 4 nitrogen and oxygen atoms in total. The summed E-state index contributed by atoms with van der Waals surface area (Å²) in [5.74, 6) is -0.442. The predicted octanol–water partition coefficient (Wildman–Crippen LogP) is 1.60. The minimum absolute atomic E-state index is 0.241. The van der Waals surface area contributed by atoms with Crippen LogP contribution in [-0.2, 0) is 0 Å². The molecule has 0 saturated heterocycles. The first-order valence-electron chi connectivity index (χ1n) is 4.98. The van der Waals surface area contributed by atoms with Crippen molar-refractivity contribution >= 4 is 11.7 Å². The molecule has 15 heavy (non-hydrogen) atoms. The van der Waals surface area contributed by atoms with Gasteiger partial charge in [-0.25, -0.2) is 4.79 Å². The maximum Gasteiger partial charge on any atom is 0.339 e. The second-order valence-corrected chi connectivity index (χ2v) is 3.39. The molecule has 0 radical (unpaired) electrons. The lowest BCUT2D eigenvalue weighted by Crippen LogP contribution is -2.33. The number of para-hydroxylation sites is 1. The van der Waals surface area contributed by atoms with E-state index in [4.69, 9.17) is 9.84 Å². The van der Waals surface area contributed by atoms with E-state index in [0.29, 0.717) is 12.4 Å². The highest BCUT2D eigenvalue weighted by Gasteiger charge is 2.22. The molecule has 0 fully saturated rings. The summed E-state index contributed by atoms with van der Waals surface area (Å²) in [5, 5.41) is 9.00. The van der Waals surface area contributed by atoms with E-state index in [1.165, 1.54) is 0 Å². The third-order valence-corrected chi connectivity index (χ3v) is 2.55. The summed E-state index contributed by atoms with van der Waals surface area (Å²) in [7, 11) is 0. The van der Waals surface area contributed by atoms with Crippen LogP contribution in [0.4, 0.5) is 5.69 Å². The third-order valence-electron chi connectivity index (χ3n) is 2.55. The second kappa shape index (κ2) is 3.81. The molecule has 0 amide bonds. The van der Waals surface area contributed by atoms with E-state index in [0.717, 1.165) is 18.8 Å². The van der Waals surface area contributed by atoms with Gasteiger partial charge in [0.1, 0.15) is 12.2 Å². The summed E-state index contributed by atoms with van der Waals surface area (Å²) in [6.07, 6.45) is 0. The number of hydrogen-bond donors (Lipinski definition) is 1. The van der Waals surface area contributed by atoms with E-state index >= 15 is 0 Å². The highest BCUT2D eigenvalue weighted by Crippen LogP contribution is 2.34. The number of nitrogens with zero attached hydrogens (tertiary/aromatic N) is 1. The van der Waals surface area contributed by atoms with E-state index in [9.17, 15) is 4.79 Å². The van der Waals surface area contributed by atoms with Crippen LogP contribution in [0.5, 0.6) is 5.75 Å². The number of carbonyl (C=O) groups is 1. The summed E-state index contributed by atoms with van der Waals surface area (Å²) in [6, 6.07) is 5.21. The molecule has 1 aliphatic rings. The van der Waals surface area contributed by atoms with Gasteiger partial charge < -0.3 is 14.7 Å². The van der Waals surface area contributed by atoms with Crippen LogP contribution in [0.2, 0.25) is 0 Å². The van der Waals surface area contributed by atoms with Crippen LogP contribution in [0.15, 0.2) is 18.2 Å². The van der Waals surface area contributed by atoms with Gasteiger partial charge in [0.05, 0.1) is 12.2 Å². The number of ether oxygens (including phenoxy) is 1. The number of aromatic carboxylic acids is 1. The summed E-state index contributed by atoms with van der Waals surface area (Å²) in [6.45, 7) is 4.26. The normalized spacial score (nSPS) is 14.3. The van der Waals surface area contributed by atoms with E-state index in [2.05, 4.69) is 4.90 Å². The Kier molecular flexibility index (Phi) is 2.49. The molecule has 1 N–H and O–H groups in total. The molecular formula is C11H13NO3. The SMILES string of the molecule is CCN1CCOc2c(C(=O)O)cccc21. The number of likely N-dealkylation sites (N-methyl/N-ethyl adjacent to an activating group) is 1. The molecule has 4 heteroatoms. The van der Waals surface area contributed by atoms with Gasteiger partial charge in [-0.15, -0.1) is 0 Å². The first kappa shape index (κ1) is 9.83. The minimum Gasteiger partial charge on any atom is -0.489 e.